The van der Waals surface area contributed by atoms with Gasteiger partial charge in [-0.1, -0.05) is 84.6 Å². The number of aromatic hydroxyl groups is 1. The summed E-state index contributed by atoms with van der Waals surface area (Å²) in [7, 11) is 0. The Kier molecular flexibility index (Phi) is 10.4. The molecule has 3 heterocycles. The Labute approximate surface area is 314 Å². The van der Waals surface area contributed by atoms with Crippen LogP contribution in [0.5, 0.6) is 5.75 Å². The normalized spacial score (nSPS) is 17.0. The lowest BCUT2D eigenvalue weighted by molar-refractivity contribution is -0.245. The third-order valence-electron chi connectivity index (χ3n) is 9.10. The number of hydrogen-bond acceptors (Lipinski definition) is 11. The Morgan fingerprint density at radius 3 is 2.43 bits per heavy atom. The van der Waals surface area contributed by atoms with E-state index in [-0.39, 0.29) is 36.2 Å². The molecule has 0 radical (unpaired) electrons. The highest BCUT2D eigenvalue weighted by molar-refractivity contribution is 7.99. The Morgan fingerprint density at radius 1 is 0.833 bits per heavy atom. The summed E-state index contributed by atoms with van der Waals surface area (Å²) in [6, 6.07) is 38.0. The van der Waals surface area contributed by atoms with Crippen molar-refractivity contribution in [3.8, 4) is 22.6 Å². The number of aliphatic hydroxyl groups is 1. The summed E-state index contributed by atoms with van der Waals surface area (Å²) < 4.78 is 14.9. The van der Waals surface area contributed by atoms with Crippen LogP contribution in [0.3, 0.4) is 0 Å². The van der Waals surface area contributed by atoms with E-state index < -0.39 is 6.29 Å². The summed E-state index contributed by atoms with van der Waals surface area (Å²) in [5, 5.41) is 35.2. The molecule has 0 spiro atoms. The molecule has 5 aromatic carbocycles. The van der Waals surface area contributed by atoms with Crippen molar-refractivity contribution < 1.29 is 24.5 Å². The van der Waals surface area contributed by atoms with E-state index in [4.69, 9.17) is 9.47 Å². The number of thioether (sulfide) groups is 1. The SMILES string of the molecule is O=C(NCc1cccc(-c2cccc([C@@H]3O[C@H](CSc4nnnn4-c4ccc(O)cc4)C[C@H](c4ccc(CO)cc4)O3)c2)c1)c1cnc2ccccc2n1. The van der Waals surface area contributed by atoms with Crippen molar-refractivity contribution in [2.24, 2.45) is 0 Å². The first-order chi connectivity index (χ1) is 26.5. The molecular weight excluding hydrogens is 703 g/mol. The fourth-order valence-corrected chi connectivity index (χ4v) is 7.19. The minimum Gasteiger partial charge on any atom is -0.508 e. The van der Waals surface area contributed by atoms with Crippen LogP contribution >= 0.6 is 11.8 Å². The van der Waals surface area contributed by atoms with Crippen LogP contribution < -0.4 is 5.32 Å². The van der Waals surface area contributed by atoms with Crippen LogP contribution in [-0.2, 0) is 22.6 Å². The van der Waals surface area contributed by atoms with E-state index >= 15 is 0 Å². The number of phenolic OH excluding ortho intramolecular Hbond substituents is 1. The second-order valence-corrected chi connectivity index (χ2v) is 13.8. The lowest BCUT2D eigenvalue weighted by atomic mass is 9.99. The van der Waals surface area contributed by atoms with Crippen molar-refractivity contribution in [2.45, 2.75) is 43.2 Å². The first kappa shape index (κ1) is 35.1. The van der Waals surface area contributed by atoms with Crippen LogP contribution in [0.1, 0.15) is 51.6 Å². The molecular formula is C41H35N7O5S. The predicted molar refractivity (Wildman–Crippen MR) is 203 cm³/mol. The number of aromatic nitrogens is 6. The molecule has 12 nitrogen and oxygen atoms in total. The molecule has 8 rings (SSSR count). The average molecular weight is 738 g/mol. The maximum atomic E-state index is 13.0. The lowest BCUT2D eigenvalue weighted by Gasteiger charge is -2.36. The van der Waals surface area contributed by atoms with Gasteiger partial charge in [0.2, 0.25) is 5.16 Å². The van der Waals surface area contributed by atoms with Gasteiger partial charge >= 0.3 is 0 Å². The Bertz CT molecular complexity index is 2390. The second kappa shape index (κ2) is 15.9. The number of para-hydroxylation sites is 2. The zero-order valence-corrected chi connectivity index (χ0v) is 29.7. The number of rotatable bonds is 11. The summed E-state index contributed by atoms with van der Waals surface area (Å²) in [4.78, 5) is 21.8. The average Bonchev–Trinajstić information content (AvgIpc) is 3.71. The van der Waals surface area contributed by atoms with Crippen molar-refractivity contribution in [2.75, 3.05) is 5.75 Å². The molecule has 0 unspecified atom stereocenters. The standard InChI is InChI=1S/C41H35N7O5S/c49-24-26-11-13-28(14-12-26)38-21-34(25-54-41-45-46-47-48(41)32-15-17-33(50)18-16-32)52-40(53-38)31-8-4-7-30(20-31)29-6-3-5-27(19-29)22-43-39(51)37-23-42-35-9-1-2-10-36(35)44-37/h1-20,23,34,38,40,49-50H,21-22,24-25H2,(H,43,51)/t34-,38+,40+/m0/s1. The molecule has 0 aliphatic carbocycles. The molecule has 0 saturated carbocycles. The molecule has 1 fully saturated rings. The number of phenols is 1. The Balaban J connectivity index is 0.992. The van der Waals surface area contributed by atoms with E-state index in [0.717, 1.165) is 44.6 Å². The first-order valence-corrected chi connectivity index (χ1v) is 18.4. The van der Waals surface area contributed by atoms with Crippen LogP contribution in [0.25, 0.3) is 27.8 Å². The number of carbonyl (C=O) groups excluding carboxylic acids is 1. The summed E-state index contributed by atoms with van der Waals surface area (Å²) in [6.45, 7) is 0.286. The van der Waals surface area contributed by atoms with Crippen molar-refractivity contribution in [3.63, 3.8) is 0 Å². The number of benzene rings is 5. The highest BCUT2D eigenvalue weighted by Gasteiger charge is 2.33. The Morgan fingerprint density at radius 2 is 1.61 bits per heavy atom. The van der Waals surface area contributed by atoms with Crippen molar-refractivity contribution in [1.82, 2.24) is 35.5 Å². The Hall–Kier alpha value is -5.99. The molecule has 3 atom stereocenters. The quantitative estimate of drug-likeness (QED) is 0.121. The molecule has 3 N–H and O–H groups in total. The van der Waals surface area contributed by atoms with Gasteiger partial charge in [0.1, 0.15) is 11.4 Å². The maximum absolute atomic E-state index is 13.0. The van der Waals surface area contributed by atoms with Crippen LogP contribution in [0, 0.1) is 0 Å². The van der Waals surface area contributed by atoms with Gasteiger partial charge in [0, 0.05) is 24.3 Å². The number of fused-ring (bicyclic) bond motifs is 1. The van der Waals surface area contributed by atoms with Crippen LogP contribution in [0.4, 0.5) is 0 Å². The van der Waals surface area contributed by atoms with E-state index in [1.807, 2.05) is 84.9 Å². The monoisotopic (exact) mass is 737 g/mol. The van der Waals surface area contributed by atoms with Crippen LogP contribution in [0.2, 0.25) is 0 Å². The third-order valence-corrected chi connectivity index (χ3v) is 10.2. The van der Waals surface area contributed by atoms with Gasteiger partial charge in [0.15, 0.2) is 6.29 Å². The van der Waals surface area contributed by atoms with E-state index in [1.165, 1.54) is 18.0 Å². The molecule has 1 saturated heterocycles. The summed E-state index contributed by atoms with van der Waals surface area (Å²) in [5.74, 6) is 0.425. The van der Waals surface area contributed by atoms with Crippen molar-refractivity contribution in [1.29, 1.82) is 0 Å². The number of nitrogens with one attached hydrogen (secondary N) is 1. The molecule has 13 heteroatoms. The molecule has 7 aromatic rings. The highest BCUT2D eigenvalue weighted by Crippen LogP contribution is 2.40. The molecule has 1 aliphatic heterocycles. The largest absolute Gasteiger partial charge is 0.508 e. The lowest BCUT2D eigenvalue weighted by Crippen LogP contribution is -2.31. The molecule has 0 bridgehead atoms. The smallest absolute Gasteiger partial charge is 0.271 e. The summed E-state index contributed by atoms with van der Waals surface area (Å²) >= 11 is 1.48. The zero-order valence-electron chi connectivity index (χ0n) is 28.9. The minimum absolute atomic E-state index is 0.0357. The summed E-state index contributed by atoms with van der Waals surface area (Å²) in [6.07, 6.45) is 0.946. The zero-order chi connectivity index (χ0) is 36.9. The van der Waals surface area contributed by atoms with Gasteiger partial charge in [-0.3, -0.25) is 9.78 Å². The molecule has 2 aromatic heterocycles. The number of tetrazole rings is 1. The van der Waals surface area contributed by atoms with Crippen molar-refractivity contribution >= 4 is 28.7 Å². The van der Waals surface area contributed by atoms with E-state index in [9.17, 15) is 15.0 Å². The van der Waals surface area contributed by atoms with E-state index in [1.54, 1.807) is 28.9 Å². The topological polar surface area (TPSA) is 157 Å². The fourth-order valence-electron chi connectivity index (χ4n) is 6.28. The second-order valence-electron chi connectivity index (χ2n) is 12.8. The van der Waals surface area contributed by atoms with Gasteiger partial charge < -0.3 is 25.0 Å². The van der Waals surface area contributed by atoms with Gasteiger partial charge in [0.25, 0.3) is 5.91 Å². The maximum Gasteiger partial charge on any atom is 0.271 e. The highest BCUT2D eigenvalue weighted by atomic mass is 32.2. The number of ether oxygens (including phenoxy) is 2. The molecule has 1 aliphatic rings. The number of hydrogen-bond donors (Lipinski definition) is 3. The molecule has 54 heavy (non-hydrogen) atoms. The number of nitrogens with zero attached hydrogens (tertiary/aromatic N) is 6. The van der Waals surface area contributed by atoms with Gasteiger partial charge in [-0.15, -0.1) is 5.10 Å². The van der Waals surface area contributed by atoms with E-state index in [0.29, 0.717) is 29.4 Å². The van der Waals surface area contributed by atoms with Crippen LogP contribution in [0.15, 0.2) is 133 Å². The summed E-state index contributed by atoms with van der Waals surface area (Å²) in [5.41, 5.74) is 7.97. The van der Waals surface area contributed by atoms with Crippen LogP contribution in [-0.4, -0.2) is 58.2 Å². The predicted octanol–water partition coefficient (Wildman–Crippen LogP) is 6.74. The molecule has 270 valence electrons. The minimum atomic E-state index is -0.662. The fraction of sp³-hybridized carbons (Fsp3) is 0.171. The number of carbonyl (C=O) groups is 1. The van der Waals surface area contributed by atoms with Gasteiger partial charge in [0.05, 0.1) is 41.7 Å². The van der Waals surface area contributed by atoms with Crippen molar-refractivity contribution in [3.05, 3.63) is 155 Å². The third kappa shape index (κ3) is 7.99. The number of aliphatic hydroxyl groups excluding tert-OH is 1. The molecule has 1 amide bonds. The van der Waals surface area contributed by atoms with Gasteiger partial charge in [-0.25, -0.2) is 4.98 Å². The van der Waals surface area contributed by atoms with Gasteiger partial charge in [-0.2, -0.15) is 4.68 Å². The number of amides is 1. The van der Waals surface area contributed by atoms with Gasteiger partial charge in [-0.05, 0) is 86.8 Å². The van der Waals surface area contributed by atoms with E-state index in [2.05, 4.69) is 42.9 Å². The first-order valence-electron chi connectivity index (χ1n) is 17.4.